The smallest absolute Gasteiger partial charge is 0.101 e. The standard InChI is InChI=1S/C16H16N2O/c1-18(15-10-6-5-9-14(15)11-17)12-16(19)13-7-3-2-4-8-13/h2-10,16,19H,12H2,1H3. The molecule has 3 heteroatoms. The van der Waals surface area contributed by atoms with Gasteiger partial charge in [0.25, 0.3) is 0 Å². The van der Waals surface area contributed by atoms with E-state index >= 15 is 0 Å². The average molecular weight is 252 g/mol. The van der Waals surface area contributed by atoms with E-state index < -0.39 is 6.10 Å². The highest BCUT2D eigenvalue weighted by Gasteiger charge is 2.12. The van der Waals surface area contributed by atoms with Gasteiger partial charge in [-0.25, -0.2) is 0 Å². The summed E-state index contributed by atoms with van der Waals surface area (Å²) in [6, 6.07) is 19.1. The molecule has 0 fully saturated rings. The van der Waals surface area contributed by atoms with Gasteiger partial charge in [-0.3, -0.25) is 0 Å². The first-order valence-corrected chi connectivity index (χ1v) is 6.15. The molecule has 2 aromatic rings. The van der Waals surface area contributed by atoms with Crippen LogP contribution >= 0.6 is 0 Å². The Morgan fingerprint density at radius 2 is 1.74 bits per heavy atom. The van der Waals surface area contributed by atoms with Gasteiger partial charge in [-0.05, 0) is 17.7 Å². The van der Waals surface area contributed by atoms with Crippen molar-refractivity contribution in [2.45, 2.75) is 6.10 Å². The molecule has 0 heterocycles. The number of para-hydroxylation sites is 1. The average Bonchev–Trinajstić information content (AvgIpc) is 2.48. The van der Waals surface area contributed by atoms with E-state index in [0.717, 1.165) is 11.3 Å². The molecule has 1 unspecified atom stereocenters. The molecule has 19 heavy (non-hydrogen) atoms. The van der Waals surface area contributed by atoms with Crippen molar-refractivity contribution in [1.29, 1.82) is 5.26 Å². The fourth-order valence-electron chi connectivity index (χ4n) is 2.04. The second kappa shape index (κ2) is 6.03. The van der Waals surface area contributed by atoms with E-state index in [1.807, 2.05) is 60.5 Å². The van der Waals surface area contributed by atoms with Gasteiger partial charge in [0, 0.05) is 13.6 Å². The highest BCUT2D eigenvalue weighted by molar-refractivity contribution is 5.58. The molecule has 0 saturated heterocycles. The van der Waals surface area contributed by atoms with Gasteiger partial charge in [0.1, 0.15) is 6.07 Å². The molecule has 3 nitrogen and oxygen atoms in total. The fraction of sp³-hybridized carbons (Fsp3) is 0.188. The van der Waals surface area contributed by atoms with E-state index in [2.05, 4.69) is 6.07 Å². The summed E-state index contributed by atoms with van der Waals surface area (Å²) in [5.41, 5.74) is 2.33. The molecule has 2 aromatic carbocycles. The van der Waals surface area contributed by atoms with Crippen molar-refractivity contribution < 1.29 is 5.11 Å². The van der Waals surface area contributed by atoms with Gasteiger partial charge in [0.05, 0.1) is 17.4 Å². The Morgan fingerprint density at radius 1 is 1.11 bits per heavy atom. The second-order valence-electron chi connectivity index (χ2n) is 4.44. The van der Waals surface area contributed by atoms with E-state index in [1.165, 1.54) is 0 Å². The summed E-state index contributed by atoms with van der Waals surface area (Å²) in [5.74, 6) is 0. The van der Waals surface area contributed by atoms with Crippen LogP contribution in [0.4, 0.5) is 5.69 Å². The van der Waals surface area contributed by atoms with Crippen molar-refractivity contribution in [2.24, 2.45) is 0 Å². The Kier molecular flexibility index (Phi) is 4.17. The van der Waals surface area contributed by atoms with E-state index in [0.29, 0.717) is 12.1 Å². The topological polar surface area (TPSA) is 47.3 Å². The van der Waals surface area contributed by atoms with Crippen LogP contribution < -0.4 is 4.90 Å². The monoisotopic (exact) mass is 252 g/mol. The number of aliphatic hydroxyl groups excluding tert-OH is 1. The van der Waals surface area contributed by atoms with Gasteiger partial charge in [-0.1, -0.05) is 42.5 Å². The molecule has 0 aliphatic heterocycles. The first kappa shape index (κ1) is 13.1. The minimum Gasteiger partial charge on any atom is -0.387 e. The molecular weight excluding hydrogens is 236 g/mol. The summed E-state index contributed by atoms with van der Waals surface area (Å²) in [5, 5.41) is 19.3. The Hall–Kier alpha value is -2.31. The minimum atomic E-state index is -0.571. The Balaban J connectivity index is 2.13. The van der Waals surface area contributed by atoms with Crippen LogP contribution in [0, 0.1) is 11.3 Å². The van der Waals surface area contributed by atoms with Crippen molar-refractivity contribution in [3.05, 3.63) is 65.7 Å². The van der Waals surface area contributed by atoms with Gasteiger partial charge in [-0.2, -0.15) is 5.26 Å². The van der Waals surface area contributed by atoms with E-state index in [4.69, 9.17) is 5.26 Å². The van der Waals surface area contributed by atoms with Crippen LogP contribution in [0.3, 0.4) is 0 Å². The number of hydrogen-bond donors (Lipinski definition) is 1. The Morgan fingerprint density at radius 3 is 2.42 bits per heavy atom. The highest BCUT2D eigenvalue weighted by Crippen LogP contribution is 2.21. The Labute approximate surface area is 113 Å². The van der Waals surface area contributed by atoms with Crippen LogP contribution in [-0.2, 0) is 0 Å². The van der Waals surface area contributed by atoms with Crippen LogP contribution in [0.5, 0.6) is 0 Å². The lowest BCUT2D eigenvalue weighted by Gasteiger charge is -2.23. The fourth-order valence-corrected chi connectivity index (χ4v) is 2.04. The number of likely N-dealkylation sites (N-methyl/N-ethyl adjacent to an activating group) is 1. The quantitative estimate of drug-likeness (QED) is 0.910. The summed E-state index contributed by atoms with van der Waals surface area (Å²) >= 11 is 0. The van der Waals surface area contributed by atoms with Crippen LogP contribution in [0.15, 0.2) is 54.6 Å². The molecule has 0 aliphatic carbocycles. The highest BCUT2D eigenvalue weighted by atomic mass is 16.3. The van der Waals surface area contributed by atoms with Crippen LogP contribution in [-0.4, -0.2) is 18.7 Å². The molecule has 0 saturated carbocycles. The number of benzene rings is 2. The van der Waals surface area contributed by atoms with Gasteiger partial charge < -0.3 is 10.0 Å². The number of hydrogen-bond acceptors (Lipinski definition) is 3. The Bertz CT molecular complexity index is 575. The third-order valence-corrected chi connectivity index (χ3v) is 3.07. The van der Waals surface area contributed by atoms with Crippen molar-refractivity contribution in [1.82, 2.24) is 0 Å². The molecule has 96 valence electrons. The van der Waals surface area contributed by atoms with Crippen molar-refractivity contribution in [3.63, 3.8) is 0 Å². The predicted octanol–water partition coefficient (Wildman–Crippen LogP) is 2.73. The number of nitrogens with zero attached hydrogens (tertiary/aromatic N) is 2. The number of aliphatic hydroxyl groups is 1. The molecule has 1 N–H and O–H groups in total. The van der Waals surface area contributed by atoms with Gasteiger partial charge >= 0.3 is 0 Å². The molecule has 2 rings (SSSR count). The summed E-state index contributed by atoms with van der Waals surface area (Å²) in [4.78, 5) is 1.90. The summed E-state index contributed by atoms with van der Waals surface area (Å²) in [6.07, 6.45) is -0.571. The zero-order chi connectivity index (χ0) is 13.7. The maximum absolute atomic E-state index is 10.2. The normalized spacial score (nSPS) is 11.6. The number of anilines is 1. The van der Waals surface area contributed by atoms with Crippen LogP contribution in [0.1, 0.15) is 17.2 Å². The van der Waals surface area contributed by atoms with Gasteiger partial charge in [0.15, 0.2) is 0 Å². The van der Waals surface area contributed by atoms with Crippen molar-refractivity contribution in [3.8, 4) is 6.07 Å². The maximum Gasteiger partial charge on any atom is 0.101 e. The van der Waals surface area contributed by atoms with Gasteiger partial charge in [-0.15, -0.1) is 0 Å². The van der Waals surface area contributed by atoms with Crippen LogP contribution in [0.2, 0.25) is 0 Å². The lowest BCUT2D eigenvalue weighted by molar-refractivity contribution is 0.185. The molecule has 1 atom stereocenters. The first-order valence-electron chi connectivity index (χ1n) is 6.15. The predicted molar refractivity (Wildman–Crippen MR) is 75.8 cm³/mol. The number of rotatable bonds is 4. The molecule has 0 aliphatic rings. The van der Waals surface area contributed by atoms with Crippen molar-refractivity contribution in [2.75, 3.05) is 18.5 Å². The summed E-state index contributed by atoms with van der Waals surface area (Å²) in [6.45, 7) is 0.447. The summed E-state index contributed by atoms with van der Waals surface area (Å²) < 4.78 is 0. The zero-order valence-electron chi connectivity index (χ0n) is 10.8. The molecular formula is C16H16N2O. The lowest BCUT2D eigenvalue weighted by atomic mass is 10.1. The zero-order valence-corrected chi connectivity index (χ0v) is 10.8. The van der Waals surface area contributed by atoms with E-state index in [-0.39, 0.29) is 0 Å². The second-order valence-corrected chi connectivity index (χ2v) is 4.44. The molecule has 0 amide bonds. The lowest BCUT2D eigenvalue weighted by Crippen LogP contribution is -2.24. The van der Waals surface area contributed by atoms with E-state index in [9.17, 15) is 5.11 Å². The third-order valence-electron chi connectivity index (χ3n) is 3.07. The van der Waals surface area contributed by atoms with E-state index in [1.54, 1.807) is 6.07 Å². The van der Waals surface area contributed by atoms with Crippen molar-refractivity contribution >= 4 is 5.69 Å². The minimum absolute atomic E-state index is 0.447. The summed E-state index contributed by atoms with van der Waals surface area (Å²) in [7, 11) is 1.88. The van der Waals surface area contributed by atoms with Crippen LogP contribution in [0.25, 0.3) is 0 Å². The SMILES string of the molecule is CN(CC(O)c1ccccc1)c1ccccc1C#N. The molecule has 0 aromatic heterocycles. The maximum atomic E-state index is 10.2. The molecule has 0 bridgehead atoms. The van der Waals surface area contributed by atoms with Gasteiger partial charge in [0.2, 0.25) is 0 Å². The largest absolute Gasteiger partial charge is 0.387 e. The number of nitriles is 1. The molecule has 0 radical (unpaired) electrons. The molecule has 0 spiro atoms. The first-order chi connectivity index (χ1) is 9.22. The third kappa shape index (κ3) is 3.12.